The molecule has 10 heteroatoms. The third kappa shape index (κ3) is 3.80. The number of fused-ring (bicyclic) bond motifs is 1. The molecule has 4 rings (SSSR count). The first-order valence-corrected chi connectivity index (χ1v) is 11.0. The minimum absolute atomic E-state index is 0.0640. The zero-order chi connectivity index (χ0) is 23.0. The zero-order valence-electron chi connectivity index (χ0n) is 17.5. The summed E-state index contributed by atoms with van der Waals surface area (Å²) in [6, 6.07) is 9.83. The highest BCUT2D eigenvalue weighted by atomic mass is 32.2. The van der Waals surface area contributed by atoms with Crippen LogP contribution in [0.3, 0.4) is 0 Å². The lowest BCUT2D eigenvalue weighted by molar-refractivity contribution is 0.400. The van der Waals surface area contributed by atoms with Gasteiger partial charge in [0.05, 0.1) is 12.0 Å². The lowest BCUT2D eigenvalue weighted by Crippen LogP contribution is -2.16. The molecule has 1 N–H and O–H groups in total. The summed E-state index contributed by atoms with van der Waals surface area (Å²) < 4.78 is 48.5. The van der Waals surface area contributed by atoms with Crippen molar-refractivity contribution in [1.29, 1.82) is 0 Å². The van der Waals surface area contributed by atoms with Crippen LogP contribution in [-0.4, -0.2) is 29.9 Å². The van der Waals surface area contributed by atoms with Gasteiger partial charge in [0.2, 0.25) is 5.88 Å². The van der Waals surface area contributed by atoms with Gasteiger partial charge in [-0.25, -0.2) is 22.8 Å². The van der Waals surface area contributed by atoms with Crippen LogP contribution in [0.2, 0.25) is 0 Å². The summed E-state index contributed by atoms with van der Waals surface area (Å²) in [6.07, 6.45) is 2.96. The first kappa shape index (κ1) is 21.4. The van der Waals surface area contributed by atoms with E-state index in [0.717, 1.165) is 12.1 Å². The van der Waals surface area contributed by atoms with Crippen molar-refractivity contribution >= 4 is 21.4 Å². The Labute approximate surface area is 183 Å². The molecular formula is C22H19FN4O4S. The van der Waals surface area contributed by atoms with Crippen molar-refractivity contribution in [3.05, 3.63) is 82.3 Å². The molecule has 0 aliphatic heterocycles. The summed E-state index contributed by atoms with van der Waals surface area (Å²) in [5.41, 5.74) is 2.48. The number of aromatic nitrogens is 3. The maximum atomic E-state index is 13.4. The molecule has 0 spiro atoms. The van der Waals surface area contributed by atoms with Crippen LogP contribution in [-0.2, 0) is 10.0 Å². The van der Waals surface area contributed by atoms with Crippen LogP contribution in [0.4, 0.5) is 10.1 Å². The number of pyridine rings is 2. The second-order valence-electron chi connectivity index (χ2n) is 7.11. The molecule has 8 nitrogen and oxygen atoms in total. The number of hydrogen-bond donors (Lipinski definition) is 1. The quantitative estimate of drug-likeness (QED) is 0.496. The molecule has 3 aromatic heterocycles. The van der Waals surface area contributed by atoms with Crippen LogP contribution < -0.4 is 15.0 Å². The lowest BCUT2D eigenvalue weighted by Gasteiger charge is -2.15. The molecule has 1 aromatic carbocycles. The molecule has 0 fully saturated rings. The number of rotatable bonds is 5. The van der Waals surface area contributed by atoms with Gasteiger partial charge >= 0.3 is 0 Å². The van der Waals surface area contributed by atoms with Gasteiger partial charge in [-0.05, 0) is 55.8 Å². The molecule has 0 unspecified atom stereocenters. The van der Waals surface area contributed by atoms with Crippen molar-refractivity contribution in [2.45, 2.75) is 18.7 Å². The predicted molar refractivity (Wildman–Crippen MR) is 118 cm³/mol. The Hall–Kier alpha value is -3.79. The van der Waals surface area contributed by atoms with Crippen LogP contribution in [0.15, 0.2) is 64.5 Å². The number of sulfonamides is 1. The Morgan fingerprint density at radius 1 is 1.06 bits per heavy atom. The fourth-order valence-electron chi connectivity index (χ4n) is 3.53. The molecular weight excluding hydrogens is 435 g/mol. The molecule has 32 heavy (non-hydrogen) atoms. The highest BCUT2D eigenvalue weighted by molar-refractivity contribution is 7.92. The Morgan fingerprint density at radius 3 is 2.56 bits per heavy atom. The average Bonchev–Trinajstić information content (AvgIpc) is 2.73. The van der Waals surface area contributed by atoms with Crippen LogP contribution in [0, 0.1) is 19.7 Å². The van der Waals surface area contributed by atoms with E-state index in [-0.39, 0.29) is 27.6 Å². The predicted octanol–water partition coefficient (Wildman–Crippen LogP) is 3.32. The van der Waals surface area contributed by atoms with Gasteiger partial charge in [0.25, 0.3) is 15.6 Å². The van der Waals surface area contributed by atoms with E-state index in [4.69, 9.17) is 4.74 Å². The summed E-state index contributed by atoms with van der Waals surface area (Å²) in [4.78, 5) is 20.7. The monoisotopic (exact) mass is 454 g/mol. The Bertz CT molecular complexity index is 1520. The molecule has 0 saturated carbocycles. The smallest absolute Gasteiger partial charge is 0.262 e. The van der Waals surface area contributed by atoms with Crippen LogP contribution >= 0.6 is 0 Å². The minimum Gasteiger partial charge on any atom is -0.480 e. The standard InChI is InChI=1S/C22H19FN4O4S/c1-13-10-16(23)4-6-19(13)32(29,30)26-18-11-15(12-25-22(18)31-3)17-5-7-20-24-9-8-21(28)27(20)14(17)2/h4-12,26H,1-3H3. The van der Waals surface area contributed by atoms with E-state index >= 15 is 0 Å². The fraction of sp³-hybridized carbons (Fsp3) is 0.136. The first-order valence-electron chi connectivity index (χ1n) is 9.52. The van der Waals surface area contributed by atoms with Gasteiger partial charge in [0, 0.05) is 35.3 Å². The topological polar surface area (TPSA) is 103 Å². The van der Waals surface area contributed by atoms with Crippen molar-refractivity contribution in [3.63, 3.8) is 0 Å². The largest absolute Gasteiger partial charge is 0.480 e. The molecule has 3 heterocycles. The number of benzene rings is 1. The third-order valence-electron chi connectivity index (χ3n) is 5.02. The molecule has 0 aliphatic rings. The number of nitrogens with one attached hydrogen (secondary N) is 1. The van der Waals surface area contributed by atoms with Crippen LogP contribution in [0.5, 0.6) is 5.88 Å². The number of ether oxygens (including phenoxy) is 1. The van der Waals surface area contributed by atoms with E-state index in [1.807, 2.05) is 0 Å². The van der Waals surface area contributed by atoms with Crippen molar-refractivity contribution in [2.24, 2.45) is 0 Å². The Morgan fingerprint density at radius 2 is 1.84 bits per heavy atom. The maximum Gasteiger partial charge on any atom is 0.262 e. The van der Waals surface area contributed by atoms with E-state index < -0.39 is 15.8 Å². The normalized spacial score (nSPS) is 11.5. The van der Waals surface area contributed by atoms with Crippen LogP contribution in [0.1, 0.15) is 11.3 Å². The summed E-state index contributed by atoms with van der Waals surface area (Å²) in [5.74, 6) is -0.464. The molecule has 0 saturated heterocycles. The number of aryl methyl sites for hydroxylation is 2. The van der Waals surface area contributed by atoms with Crippen LogP contribution in [0.25, 0.3) is 16.8 Å². The van der Waals surface area contributed by atoms with Gasteiger partial charge in [-0.3, -0.25) is 13.9 Å². The molecule has 4 aromatic rings. The van der Waals surface area contributed by atoms with Crippen molar-refractivity contribution in [2.75, 3.05) is 11.8 Å². The number of methoxy groups -OCH3 is 1. The van der Waals surface area contributed by atoms with Gasteiger partial charge in [-0.15, -0.1) is 0 Å². The van der Waals surface area contributed by atoms with E-state index in [0.29, 0.717) is 22.5 Å². The van der Waals surface area contributed by atoms with Gasteiger partial charge in [-0.2, -0.15) is 0 Å². The second kappa shape index (κ2) is 8.04. The highest BCUT2D eigenvalue weighted by Crippen LogP contribution is 2.32. The minimum atomic E-state index is -4.05. The summed E-state index contributed by atoms with van der Waals surface area (Å²) in [6.45, 7) is 3.27. The molecule has 0 radical (unpaired) electrons. The summed E-state index contributed by atoms with van der Waals surface area (Å²) in [5, 5.41) is 0. The number of nitrogens with zero attached hydrogens (tertiary/aromatic N) is 3. The molecule has 0 amide bonds. The van der Waals surface area contributed by atoms with Crippen molar-refractivity contribution in [1.82, 2.24) is 14.4 Å². The van der Waals surface area contributed by atoms with Crippen molar-refractivity contribution < 1.29 is 17.5 Å². The van der Waals surface area contributed by atoms with E-state index in [1.54, 1.807) is 25.1 Å². The van der Waals surface area contributed by atoms with Gasteiger partial charge < -0.3 is 4.74 Å². The van der Waals surface area contributed by atoms with E-state index in [1.165, 1.54) is 43.0 Å². The zero-order valence-corrected chi connectivity index (χ0v) is 18.3. The number of hydrogen-bond acceptors (Lipinski definition) is 6. The molecule has 164 valence electrons. The van der Waals surface area contributed by atoms with Crippen molar-refractivity contribution in [3.8, 4) is 17.0 Å². The highest BCUT2D eigenvalue weighted by Gasteiger charge is 2.21. The number of halogens is 1. The molecule has 0 bridgehead atoms. The lowest BCUT2D eigenvalue weighted by atomic mass is 10.1. The first-order chi connectivity index (χ1) is 15.2. The van der Waals surface area contributed by atoms with Gasteiger partial charge in [0.1, 0.15) is 17.2 Å². The molecule has 0 aliphatic carbocycles. The fourth-order valence-corrected chi connectivity index (χ4v) is 4.81. The maximum absolute atomic E-state index is 13.4. The molecule has 0 atom stereocenters. The summed E-state index contributed by atoms with van der Waals surface area (Å²) >= 11 is 0. The third-order valence-corrected chi connectivity index (χ3v) is 6.55. The SMILES string of the molecule is COc1ncc(-c2ccc3nccc(=O)n3c2C)cc1NS(=O)(=O)c1ccc(F)cc1C. The average molecular weight is 454 g/mol. The van der Waals surface area contributed by atoms with Gasteiger partial charge in [-0.1, -0.05) is 0 Å². The second-order valence-corrected chi connectivity index (χ2v) is 8.76. The summed E-state index contributed by atoms with van der Waals surface area (Å²) in [7, 11) is -2.68. The van der Waals surface area contributed by atoms with Gasteiger partial charge in [0.15, 0.2) is 0 Å². The Kier molecular flexibility index (Phi) is 5.39. The Balaban J connectivity index is 1.82. The van der Waals surface area contributed by atoms with E-state index in [2.05, 4.69) is 14.7 Å². The number of anilines is 1. The van der Waals surface area contributed by atoms with E-state index in [9.17, 15) is 17.6 Å².